The van der Waals surface area contributed by atoms with E-state index in [1.165, 1.54) is 13.2 Å². The van der Waals surface area contributed by atoms with Gasteiger partial charge in [-0.05, 0) is 50.1 Å². The molecular formula is C24H24F3N3O4S. The molecule has 0 amide bonds. The van der Waals surface area contributed by atoms with Gasteiger partial charge in [0.1, 0.15) is 11.9 Å². The molecule has 186 valence electrons. The molecule has 1 aromatic heterocycles. The van der Waals surface area contributed by atoms with Gasteiger partial charge in [0.25, 0.3) is 0 Å². The fourth-order valence-corrected chi connectivity index (χ4v) is 6.31. The molecule has 2 heterocycles. The van der Waals surface area contributed by atoms with E-state index in [0.717, 1.165) is 23.8 Å². The number of alkyl halides is 3. The van der Waals surface area contributed by atoms with E-state index >= 15 is 0 Å². The quantitative estimate of drug-likeness (QED) is 0.484. The Bertz CT molecular complexity index is 1370. The normalized spacial score (nSPS) is 18.6. The van der Waals surface area contributed by atoms with Crippen molar-refractivity contribution in [1.29, 1.82) is 0 Å². The number of aromatic nitrogens is 2. The van der Waals surface area contributed by atoms with Gasteiger partial charge < -0.3 is 9.64 Å². The van der Waals surface area contributed by atoms with Gasteiger partial charge in [-0.1, -0.05) is 24.3 Å². The molecule has 1 saturated heterocycles. The van der Waals surface area contributed by atoms with Gasteiger partial charge in [-0.3, -0.25) is 0 Å². The highest BCUT2D eigenvalue weighted by atomic mass is 32.2. The van der Waals surface area contributed by atoms with Crippen LogP contribution in [0, 0.1) is 13.8 Å². The number of esters is 1. The summed E-state index contributed by atoms with van der Waals surface area (Å²) in [5.41, 5.74) is 1.06. The third-order valence-electron chi connectivity index (χ3n) is 6.03. The fraction of sp³-hybridized carbons (Fsp3) is 0.333. The number of carbonyl (C=O) groups is 1. The number of nitrogens with zero attached hydrogens (tertiary/aromatic N) is 3. The topological polar surface area (TPSA) is 81.5 Å². The Morgan fingerprint density at radius 1 is 1.09 bits per heavy atom. The zero-order valence-corrected chi connectivity index (χ0v) is 20.1. The van der Waals surface area contributed by atoms with E-state index in [1.807, 2.05) is 31.2 Å². The van der Waals surface area contributed by atoms with E-state index in [9.17, 15) is 26.4 Å². The first kappa shape index (κ1) is 24.8. The lowest BCUT2D eigenvalue weighted by Gasteiger charge is -2.25. The van der Waals surface area contributed by atoms with Crippen molar-refractivity contribution in [2.45, 2.75) is 42.6 Å². The van der Waals surface area contributed by atoms with Gasteiger partial charge in [0.2, 0.25) is 0 Å². The highest BCUT2D eigenvalue weighted by Crippen LogP contribution is 2.39. The molecule has 1 aliphatic heterocycles. The van der Waals surface area contributed by atoms with E-state index in [4.69, 9.17) is 4.74 Å². The molecule has 2 atom stereocenters. The minimum atomic E-state index is -4.84. The van der Waals surface area contributed by atoms with Crippen LogP contribution in [-0.2, 0) is 25.5 Å². The monoisotopic (exact) mass is 507 g/mol. The minimum Gasteiger partial charge on any atom is -0.467 e. The number of rotatable bonds is 5. The Labute approximate surface area is 201 Å². The van der Waals surface area contributed by atoms with E-state index in [0.29, 0.717) is 17.2 Å². The number of anilines is 1. The summed E-state index contributed by atoms with van der Waals surface area (Å²) >= 11 is 0. The second-order valence-corrected chi connectivity index (χ2v) is 10.7. The lowest BCUT2D eigenvalue weighted by Crippen LogP contribution is -2.38. The second-order valence-electron chi connectivity index (χ2n) is 8.48. The van der Waals surface area contributed by atoms with Crippen LogP contribution < -0.4 is 4.90 Å². The number of hydrogen-bond acceptors (Lipinski definition) is 6. The highest BCUT2D eigenvalue weighted by molar-refractivity contribution is 7.92. The van der Waals surface area contributed by atoms with Gasteiger partial charge in [0.15, 0.2) is 9.84 Å². The van der Waals surface area contributed by atoms with Crippen LogP contribution >= 0.6 is 0 Å². The fourth-order valence-electron chi connectivity index (χ4n) is 4.40. The van der Waals surface area contributed by atoms with Crippen LogP contribution in [-0.4, -0.2) is 49.1 Å². The molecular weight excluding hydrogens is 483 g/mol. The summed E-state index contributed by atoms with van der Waals surface area (Å²) in [5.74, 6) is -0.230. The van der Waals surface area contributed by atoms with Crippen LogP contribution in [0.3, 0.4) is 0 Å². The maximum Gasteiger partial charge on any atom is 0.417 e. The number of hydrogen-bond donors (Lipinski definition) is 0. The first-order valence-corrected chi connectivity index (χ1v) is 12.4. The Morgan fingerprint density at radius 3 is 2.46 bits per heavy atom. The number of carbonyl (C=O) groups excluding carboxylic acids is 1. The predicted octanol–water partition coefficient (Wildman–Crippen LogP) is 4.10. The van der Waals surface area contributed by atoms with Gasteiger partial charge >= 0.3 is 12.1 Å². The van der Waals surface area contributed by atoms with Crippen LogP contribution in [0.25, 0.3) is 5.69 Å². The molecule has 7 nitrogen and oxygen atoms in total. The molecule has 0 bridgehead atoms. The molecule has 2 unspecified atom stereocenters. The molecule has 2 aromatic carbocycles. The third-order valence-corrected chi connectivity index (χ3v) is 8.22. The summed E-state index contributed by atoms with van der Waals surface area (Å²) in [6.45, 7) is 3.46. The van der Waals surface area contributed by atoms with Crippen molar-refractivity contribution in [1.82, 2.24) is 9.78 Å². The Hall–Kier alpha value is -3.34. The zero-order valence-electron chi connectivity index (χ0n) is 19.3. The molecule has 0 saturated carbocycles. The van der Waals surface area contributed by atoms with Crippen LogP contribution in [0.4, 0.5) is 19.0 Å². The Balaban J connectivity index is 1.79. The summed E-state index contributed by atoms with van der Waals surface area (Å²) in [7, 11) is -3.26. The molecule has 0 aliphatic carbocycles. The first-order valence-electron chi connectivity index (χ1n) is 10.8. The highest BCUT2D eigenvalue weighted by Gasteiger charge is 2.47. The maximum atomic E-state index is 13.6. The van der Waals surface area contributed by atoms with Crippen LogP contribution in [0.5, 0.6) is 0 Å². The minimum absolute atomic E-state index is 0.203. The van der Waals surface area contributed by atoms with Crippen molar-refractivity contribution in [2.24, 2.45) is 0 Å². The van der Waals surface area contributed by atoms with Crippen LogP contribution in [0.15, 0.2) is 59.5 Å². The smallest absolute Gasteiger partial charge is 0.417 e. The average Bonchev–Trinajstić information content (AvgIpc) is 3.42. The summed E-state index contributed by atoms with van der Waals surface area (Å²) in [6, 6.07) is 12.2. The van der Waals surface area contributed by atoms with E-state index in [1.54, 1.807) is 22.6 Å². The number of benzene rings is 2. The molecule has 0 spiro atoms. The number of methoxy groups -OCH3 is 1. The van der Waals surface area contributed by atoms with Crippen molar-refractivity contribution < 1.29 is 31.1 Å². The molecule has 11 heteroatoms. The molecule has 35 heavy (non-hydrogen) atoms. The molecule has 3 aromatic rings. The van der Waals surface area contributed by atoms with Crippen molar-refractivity contribution in [3.8, 4) is 5.69 Å². The number of aryl methyl sites for hydroxylation is 2. The largest absolute Gasteiger partial charge is 0.467 e. The SMILES string of the molecule is COC(=O)C1CC(S(=O)(=O)c2ccccc2C(F)(F)F)CN1c1cc(C)nn1-c1cccc(C)c1. The lowest BCUT2D eigenvalue weighted by atomic mass is 10.2. The van der Waals surface area contributed by atoms with Crippen molar-refractivity contribution in [2.75, 3.05) is 18.6 Å². The molecule has 0 radical (unpaired) electrons. The molecule has 1 fully saturated rings. The van der Waals surface area contributed by atoms with E-state index in [-0.39, 0.29) is 13.0 Å². The molecule has 4 rings (SSSR count). The van der Waals surface area contributed by atoms with Gasteiger partial charge in [0.05, 0.1) is 34.2 Å². The molecule has 1 aliphatic rings. The maximum absolute atomic E-state index is 13.6. The lowest BCUT2D eigenvalue weighted by molar-refractivity contribution is -0.142. The predicted molar refractivity (Wildman–Crippen MR) is 123 cm³/mol. The number of halogens is 3. The summed E-state index contributed by atoms with van der Waals surface area (Å²) in [6.07, 6.45) is -5.07. The Morgan fingerprint density at radius 2 is 1.80 bits per heavy atom. The van der Waals surface area contributed by atoms with Gasteiger partial charge in [-0.2, -0.15) is 18.3 Å². The van der Waals surface area contributed by atoms with Crippen molar-refractivity contribution in [3.05, 3.63) is 71.4 Å². The van der Waals surface area contributed by atoms with Crippen molar-refractivity contribution >= 4 is 21.6 Å². The average molecular weight is 508 g/mol. The van der Waals surface area contributed by atoms with Crippen molar-refractivity contribution in [3.63, 3.8) is 0 Å². The van der Waals surface area contributed by atoms with Gasteiger partial charge in [-0.25, -0.2) is 17.9 Å². The zero-order chi connectivity index (χ0) is 25.5. The van der Waals surface area contributed by atoms with E-state index in [2.05, 4.69) is 5.10 Å². The Kier molecular flexibility index (Phi) is 6.39. The van der Waals surface area contributed by atoms with Crippen LogP contribution in [0.2, 0.25) is 0 Å². The standard InChI is InChI=1S/C24H24F3N3O4S/c1-15-7-6-8-17(11-15)30-22(12-16(2)28-30)29-14-18(13-20(29)23(31)34-3)35(32,33)21-10-5-4-9-19(21)24(25,26)27/h4-12,18,20H,13-14H2,1-3H3. The van der Waals surface area contributed by atoms with Gasteiger partial charge in [0, 0.05) is 12.6 Å². The van der Waals surface area contributed by atoms with Gasteiger partial charge in [-0.15, -0.1) is 0 Å². The van der Waals surface area contributed by atoms with E-state index < -0.39 is 43.7 Å². The summed E-state index contributed by atoms with van der Waals surface area (Å²) in [5, 5.41) is 3.24. The second kappa shape index (κ2) is 9.03. The number of ether oxygens (including phenoxy) is 1. The third kappa shape index (κ3) is 4.64. The summed E-state index contributed by atoms with van der Waals surface area (Å²) < 4.78 is 74.1. The first-order chi connectivity index (χ1) is 16.4. The molecule has 0 N–H and O–H groups in total. The van der Waals surface area contributed by atoms with Crippen LogP contribution in [0.1, 0.15) is 23.2 Å². The summed E-state index contributed by atoms with van der Waals surface area (Å²) in [4.78, 5) is 13.4. The number of sulfone groups is 1.